The lowest BCUT2D eigenvalue weighted by Crippen LogP contribution is -2.48. The van der Waals surface area contributed by atoms with Crippen LogP contribution in [0.3, 0.4) is 0 Å². The number of hydrogen-bond acceptors (Lipinski definition) is 3. The quantitative estimate of drug-likeness (QED) is 0.700. The molecule has 0 aliphatic carbocycles. The van der Waals surface area contributed by atoms with Gasteiger partial charge in [-0.05, 0) is 38.3 Å². The molecule has 1 atom stereocenters. The first-order valence-electron chi connectivity index (χ1n) is 9.60. The van der Waals surface area contributed by atoms with Gasteiger partial charge >= 0.3 is 0 Å². The molecular formula is C23H30N2O2S. The third-order valence-corrected chi connectivity index (χ3v) is 5.66. The Bertz CT molecular complexity index is 772. The molecule has 0 aliphatic rings. The molecule has 2 aromatic carbocycles. The van der Waals surface area contributed by atoms with Crippen molar-refractivity contribution in [3.8, 4) is 0 Å². The number of hydrogen-bond donors (Lipinski definition) is 1. The Balaban J connectivity index is 1.98. The topological polar surface area (TPSA) is 49.4 Å². The summed E-state index contributed by atoms with van der Waals surface area (Å²) in [5.41, 5.74) is 4.86. The maximum atomic E-state index is 12.9. The van der Waals surface area contributed by atoms with E-state index in [2.05, 4.69) is 37.4 Å². The van der Waals surface area contributed by atoms with Crippen LogP contribution in [-0.2, 0) is 21.8 Å². The van der Waals surface area contributed by atoms with E-state index in [9.17, 15) is 9.59 Å². The van der Waals surface area contributed by atoms with Crippen molar-refractivity contribution in [1.29, 1.82) is 0 Å². The van der Waals surface area contributed by atoms with Crippen molar-refractivity contribution >= 4 is 23.6 Å². The third-order valence-electron chi connectivity index (χ3n) is 4.67. The van der Waals surface area contributed by atoms with Crippen LogP contribution in [0.25, 0.3) is 0 Å². The molecule has 0 radical (unpaired) electrons. The van der Waals surface area contributed by atoms with Gasteiger partial charge in [-0.15, -0.1) is 11.8 Å². The number of aryl methyl sites for hydroxylation is 2. The fourth-order valence-electron chi connectivity index (χ4n) is 3.27. The van der Waals surface area contributed by atoms with Crippen LogP contribution in [0.15, 0.2) is 48.5 Å². The molecule has 150 valence electrons. The zero-order valence-corrected chi connectivity index (χ0v) is 18.0. The Labute approximate surface area is 172 Å². The summed E-state index contributed by atoms with van der Waals surface area (Å²) >= 11 is 1.60. The zero-order chi connectivity index (χ0) is 20.5. The van der Waals surface area contributed by atoms with Gasteiger partial charge in [-0.3, -0.25) is 9.59 Å². The minimum absolute atomic E-state index is 0.00130. The highest BCUT2D eigenvalue weighted by Crippen LogP contribution is 2.17. The molecule has 2 rings (SSSR count). The van der Waals surface area contributed by atoms with Crippen LogP contribution in [0.5, 0.6) is 0 Å². The lowest BCUT2D eigenvalue weighted by Gasteiger charge is -2.28. The average molecular weight is 399 g/mol. The van der Waals surface area contributed by atoms with E-state index in [0.717, 1.165) is 17.7 Å². The van der Waals surface area contributed by atoms with Crippen LogP contribution >= 0.6 is 11.8 Å². The molecule has 0 saturated heterocycles. The van der Waals surface area contributed by atoms with E-state index < -0.39 is 6.04 Å². The van der Waals surface area contributed by atoms with Crippen LogP contribution in [-0.4, -0.2) is 42.1 Å². The van der Waals surface area contributed by atoms with Crippen molar-refractivity contribution < 1.29 is 9.59 Å². The normalized spacial score (nSPS) is 11.7. The van der Waals surface area contributed by atoms with Crippen LogP contribution < -0.4 is 5.32 Å². The molecule has 1 N–H and O–H groups in total. The molecule has 0 fully saturated rings. The van der Waals surface area contributed by atoms with E-state index in [-0.39, 0.29) is 11.8 Å². The van der Waals surface area contributed by atoms with Gasteiger partial charge in [0.1, 0.15) is 6.04 Å². The second-order valence-electron chi connectivity index (χ2n) is 7.10. The first kappa shape index (κ1) is 22.0. The van der Waals surface area contributed by atoms with E-state index >= 15 is 0 Å². The SMILES string of the molecule is CNC(=O)[C@H](C)N(CCc1ccccc1)C(=O)CSCc1cc(C)cc(C)c1. The summed E-state index contributed by atoms with van der Waals surface area (Å²) in [5.74, 6) is 1.01. The summed E-state index contributed by atoms with van der Waals surface area (Å²) < 4.78 is 0. The van der Waals surface area contributed by atoms with E-state index in [4.69, 9.17) is 0 Å². The summed E-state index contributed by atoms with van der Waals surface area (Å²) in [4.78, 5) is 26.7. The third kappa shape index (κ3) is 6.71. The molecule has 0 spiro atoms. The molecule has 0 aromatic heterocycles. The number of likely N-dealkylation sites (N-methyl/N-ethyl adjacent to an activating group) is 1. The van der Waals surface area contributed by atoms with E-state index in [1.54, 1.807) is 30.6 Å². The predicted octanol–water partition coefficient (Wildman–Crippen LogP) is 3.74. The first-order chi connectivity index (χ1) is 13.4. The maximum Gasteiger partial charge on any atom is 0.242 e. The Hall–Kier alpha value is -2.27. The predicted molar refractivity (Wildman–Crippen MR) is 117 cm³/mol. The highest BCUT2D eigenvalue weighted by atomic mass is 32.2. The van der Waals surface area contributed by atoms with Gasteiger partial charge in [0, 0.05) is 19.3 Å². The lowest BCUT2D eigenvalue weighted by molar-refractivity contribution is -0.137. The van der Waals surface area contributed by atoms with Gasteiger partial charge < -0.3 is 10.2 Å². The van der Waals surface area contributed by atoms with Gasteiger partial charge in [0.2, 0.25) is 11.8 Å². The van der Waals surface area contributed by atoms with Crippen LogP contribution in [0.2, 0.25) is 0 Å². The number of thioether (sulfide) groups is 1. The molecular weight excluding hydrogens is 368 g/mol. The number of benzene rings is 2. The van der Waals surface area contributed by atoms with Crippen LogP contribution in [0.1, 0.15) is 29.2 Å². The monoisotopic (exact) mass is 398 g/mol. The second kappa shape index (κ2) is 10.9. The Morgan fingerprint density at radius 2 is 1.68 bits per heavy atom. The van der Waals surface area contributed by atoms with E-state index in [0.29, 0.717) is 12.3 Å². The van der Waals surface area contributed by atoms with Gasteiger partial charge in [-0.2, -0.15) is 0 Å². The van der Waals surface area contributed by atoms with Gasteiger partial charge in [-0.1, -0.05) is 59.7 Å². The summed E-state index contributed by atoms with van der Waals surface area (Å²) in [7, 11) is 1.60. The molecule has 0 bridgehead atoms. The molecule has 2 amide bonds. The van der Waals surface area contributed by atoms with Gasteiger partial charge in [-0.25, -0.2) is 0 Å². The Morgan fingerprint density at radius 1 is 1.04 bits per heavy atom. The molecule has 4 nitrogen and oxygen atoms in total. The average Bonchev–Trinajstić information content (AvgIpc) is 2.67. The van der Waals surface area contributed by atoms with Crippen molar-refractivity contribution in [1.82, 2.24) is 10.2 Å². The van der Waals surface area contributed by atoms with Crippen molar-refractivity contribution in [2.75, 3.05) is 19.3 Å². The molecule has 0 aliphatic heterocycles. The van der Waals surface area contributed by atoms with Crippen LogP contribution in [0, 0.1) is 13.8 Å². The minimum atomic E-state index is -0.483. The second-order valence-corrected chi connectivity index (χ2v) is 8.09. The summed E-state index contributed by atoms with van der Waals surface area (Å²) in [6, 6.07) is 16.0. The zero-order valence-electron chi connectivity index (χ0n) is 17.2. The van der Waals surface area contributed by atoms with Crippen molar-refractivity contribution in [2.45, 2.75) is 39.0 Å². The number of carbonyl (C=O) groups excluding carboxylic acids is 2. The Morgan fingerprint density at radius 3 is 2.29 bits per heavy atom. The molecule has 0 unspecified atom stereocenters. The summed E-state index contributed by atoms with van der Waals surface area (Å²) in [5, 5.41) is 2.65. The highest BCUT2D eigenvalue weighted by Gasteiger charge is 2.24. The molecule has 28 heavy (non-hydrogen) atoms. The number of carbonyl (C=O) groups is 2. The standard InChI is InChI=1S/C23H30N2O2S/c1-17-12-18(2)14-21(13-17)15-28-16-22(26)25(19(3)23(27)24-4)11-10-20-8-6-5-7-9-20/h5-9,12-14,19H,10-11,15-16H2,1-4H3,(H,24,27)/t19-/m0/s1. The number of amides is 2. The van der Waals surface area contributed by atoms with Gasteiger partial charge in [0.25, 0.3) is 0 Å². The summed E-state index contributed by atoms with van der Waals surface area (Å²) in [6.07, 6.45) is 0.732. The number of rotatable bonds is 9. The largest absolute Gasteiger partial charge is 0.357 e. The van der Waals surface area contributed by atoms with Gasteiger partial charge in [0.15, 0.2) is 0 Å². The van der Waals surface area contributed by atoms with Gasteiger partial charge in [0.05, 0.1) is 5.75 Å². The molecule has 0 heterocycles. The van der Waals surface area contributed by atoms with E-state index in [1.807, 2.05) is 30.3 Å². The molecule has 5 heteroatoms. The van der Waals surface area contributed by atoms with E-state index in [1.165, 1.54) is 16.7 Å². The number of nitrogens with zero attached hydrogens (tertiary/aromatic N) is 1. The fourth-order valence-corrected chi connectivity index (χ4v) is 4.12. The van der Waals surface area contributed by atoms with Crippen molar-refractivity contribution in [2.24, 2.45) is 0 Å². The smallest absolute Gasteiger partial charge is 0.242 e. The first-order valence-corrected chi connectivity index (χ1v) is 10.8. The fraction of sp³-hybridized carbons (Fsp3) is 0.391. The lowest BCUT2D eigenvalue weighted by atomic mass is 10.1. The molecule has 2 aromatic rings. The molecule has 0 saturated carbocycles. The Kier molecular flexibility index (Phi) is 8.58. The summed E-state index contributed by atoms with van der Waals surface area (Å²) in [6.45, 7) is 6.49. The minimum Gasteiger partial charge on any atom is -0.357 e. The van der Waals surface area contributed by atoms with Crippen molar-refractivity contribution in [3.63, 3.8) is 0 Å². The van der Waals surface area contributed by atoms with Crippen LogP contribution in [0.4, 0.5) is 0 Å². The number of nitrogens with one attached hydrogen (secondary N) is 1. The highest BCUT2D eigenvalue weighted by molar-refractivity contribution is 7.99. The maximum absolute atomic E-state index is 12.9. The van der Waals surface area contributed by atoms with Crippen molar-refractivity contribution in [3.05, 3.63) is 70.8 Å².